The fourth-order valence-electron chi connectivity index (χ4n) is 2.00. The van der Waals surface area contributed by atoms with Gasteiger partial charge >= 0.3 is 0 Å². The lowest BCUT2D eigenvalue weighted by Gasteiger charge is -2.11. The van der Waals surface area contributed by atoms with Gasteiger partial charge in [-0.25, -0.2) is 4.39 Å². The van der Waals surface area contributed by atoms with Gasteiger partial charge in [0, 0.05) is 6.07 Å². The van der Waals surface area contributed by atoms with Crippen LogP contribution < -0.4 is 10.1 Å². The summed E-state index contributed by atoms with van der Waals surface area (Å²) >= 11 is 0. The predicted octanol–water partition coefficient (Wildman–Crippen LogP) is 3.30. The maximum atomic E-state index is 13.3. The predicted molar refractivity (Wildman–Crippen MR) is 78.7 cm³/mol. The number of nitro benzene ring substituents is 1. The Hall–Kier alpha value is -2.96. The monoisotopic (exact) mass is 304 g/mol. The average Bonchev–Trinajstić information content (AvgIpc) is 2.49. The Kier molecular flexibility index (Phi) is 4.36. The number of hydrogen-bond acceptors (Lipinski definition) is 4. The maximum Gasteiger partial charge on any atom is 0.274 e. The number of rotatable bonds is 4. The van der Waals surface area contributed by atoms with E-state index < -0.39 is 16.6 Å². The average molecular weight is 304 g/mol. The largest absolute Gasteiger partial charge is 0.496 e. The van der Waals surface area contributed by atoms with Gasteiger partial charge < -0.3 is 10.1 Å². The van der Waals surface area contributed by atoms with Crippen molar-refractivity contribution in [1.82, 2.24) is 0 Å². The number of carbonyl (C=O) groups is 1. The van der Waals surface area contributed by atoms with Gasteiger partial charge in [-0.3, -0.25) is 14.9 Å². The highest BCUT2D eigenvalue weighted by Gasteiger charge is 2.18. The molecular formula is C15H13FN2O4. The van der Waals surface area contributed by atoms with E-state index in [0.717, 1.165) is 6.07 Å². The van der Waals surface area contributed by atoms with E-state index in [0.29, 0.717) is 5.56 Å². The molecule has 7 heteroatoms. The van der Waals surface area contributed by atoms with Crippen LogP contribution in [0.5, 0.6) is 5.75 Å². The molecule has 0 radical (unpaired) electrons. The molecule has 1 N–H and O–H groups in total. The Bertz CT molecular complexity index is 746. The second-order valence-electron chi connectivity index (χ2n) is 4.51. The zero-order valence-electron chi connectivity index (χ0n) is 11.9. The molecule has 0 saturated heterocycles. The Labute approximate surface area is 125 Å². The van der Waals surface area contributed by atoms with Crippen molar-refractivity contribution in [2.24, 2.45) is 0 Å². The minimum atomic E-state index is -0.611. The summed E-state index contributed by atoms with van der Waals surface area (Å²) in [6.07, 6.45) is 0. The van der Waals surface area contributed by atoms with Crippen LogP contribution in [0.25, 0.3) is 0 Å². The SMILES string of the molecule is COc1ccc(F)cc1C(=O)Nc1cccc([N+](=O)[O-])c1C. The summed E-state index contributed by atoms with van der Waals surface area (Å²) in [5.74, 6) is -0.983. The Balaban J connectivity index is 2.36. The third-order valence-corrected chi connectivity index (χ3v) is 3.16. The van der Waals surface area contributed by atoms with Gasteiger partial charge in [0.15, 0.2) is 0 Å². The smallest absolute Gasteiger partial charge is 0.274 e. The summed E-state index contributed by atoms with van der Waals surface area (Å²) in [5.41, 5.74) is 0.499. The lowest BCUT2D eigenvalue weighted by molar-refractivity contribution is -0.385. The highest BCUT2D eigenvalue weighted by molar-refractivity contribution is 6.06. The summed E-state index contributed by atoms with van der Waals surface area (Å²) < 4.78 is 18.3. The van der Waals surface area contributed by atoms with E-state index in [-0.39, 0.29) is 22.7 Å². The topological polar surface area (TPSA) is 81.5 Å². The first kappa shape index (κ1) is 15.4. The number of nitrogens with zero attached hydrogens (tertiary/aromatic N) is 1. The third kappa shape index (κ3) is 3.03. The van der Waals surface area contributed by atoms with Crippen molar-refractivity contribution >= 4 is 17.3 Å². The normalized spacial score (nSPS) is 10.1. The summed E-state index contributed by atoms with van der Waals surface area (Å²) in [6.45, 7) is 1.52. The van der Waals surface area contributed by atoms with Crippen LogP contribution in [0, 0.1) is 22.9 Å². The van der Waals surface area contributed by atoms with Crippen LogP contribution >= 0.6 is 0 Å². The molecule has 0 aromatic heterocycles. The van der Waals surface area contributed by atoms with E-state index in [9.17, 15) is 19.3 Å². The zero-order chi connectivity index (χ0) is 16.3. The number of methoxy groups -OCH3 is 1. The molecule has 0 spiro atoms. The van der Waals surface area contributed by atoms with Crippen LogP contribution in [0.4, 0.5) is 15.8 Å². The van der Waals surface area contributed by atoms with E-state index in [1.165, 1.54) is 44.4 Å². The van der Waals surface area contributed by atoms with Crippen molar-refractivity contribution in [3.8, 4) is 5.75 Å². The van der Waals surface area contributed by atoms with Gasteiger partial charge in [-0.05, 0) is 31.2 Å². The molecule has 114 valence electrons. The fraction of sp³-hybridized carbons (Fsp3) is 0.133. The molecule has 0 heterocycles. The Morgan fingerprint density at radius 3 is 2.68 bits per heavy atom. The summed E-state index contributed by atoms with van der Waals surface area (Å²) in [7, 11) is 1.36. The van der Waals surface area contributed by atoms with E-state index in [2.05, 4.69) is 5.32 Å². The molecule has 22 heavy (non-hydrogen) atoms. The lowest BCUT2D eigenvalue weighted by Crippen LogP contribution is -2.14. The van der Waals surface area contributed by atoms with E-state index in [1.807, 2.05) is 0 Å². The molecule has 6 nitrogen and oxygen atoms in total. The lowest BCUT2D eigenvalue weighted by atomic mass is 10.1. The molecule has 0 unspecified atom stereocenters. The molecule has 0 aliphatic heterocycles. The number of nitrogens with one attached hydrogen (secondary N) is 1. The molecule has 0 saturated carbocycles. The minimum Gasteiger partial charge on any atom is -0.496 e. The van der Waals surface area contributed by atoms with Crippen molar-refractivity contribution in [2.45, 2.75) is 6.92 Å². The second-order valence-corrected chi connectivity index (χ2v) is 4.51. The van der Waals surface area contributed by atoms with Gasteiger partial charge in [-0.15, -0.1) is 0 Å². The molecule has 2 aromatic rings. The van der Waals surface area contributed by atoms with Crippen molar-refractivity contribution in [3.63, 3.8) is 0 Å². The van der Waals surface area contributed by atoms with Crippen molar-refractivity contribution in [3.05, 3.63) is 63.5 Å². The van der Waals surface area contributed by atoms with E-state index >= 15 is 0 Å². The number of anilines is 1. The first-order chi connectivity index (χ1) is 10.4. The fourth-order valence-corrected chi connectivity index (χ4v) is 2.00. The second kappa shape index (κ2) is 6.21. The van der Waals surface area contributed by atoms with Crippen molar-refractivity contribution in [2.75, 3.05) is 12.4 Å². The Morgan fingerprint density at radius 1 is 1.32 bits per heavy atom. The van der Waals surface area contributed by atoms with Crippen LogP contribution in [0.2, 0.25) is 0 Å². The molecular weight excluding hydrogens is 291 g/mol. The molecule has 0 aliphatic carbocycles. The van der Waals surface area contributed by atoms with Crippen LogP contribution in [0.1, 0.15) is 15.9 Å². The molecule has 0 aliphatic rings. The quantitative estimate of drug-likeness (QED) is 0.694. The third-order valence-electron chi connectivity index (χ3n) is 3.16. The summed E-state index contributed by atoms with van der Waals surface area (Å²) in [4.78, 5) is 22.6. The number of hydrogen-bond donors (Lipinski definition) is 1. The number of amides is 1. The first-order valence-electron chi connectivity index (χ1n) is 6.33. The summed E-state index contributed by atoms with van der Waals surface area (Å²) in [5, 5.41) is 13.4. The van der Waals surface area contributed by atoms with Crippen molar-refractivity contribution in [1.29, 1.82) is 0 Å². The molecule has 2 aromatic carbocycles. The molecule has 1 amide bonds. The minimum absolute atomic E-state index is 0.00778. The number of halogens is 1. The van der Waals surface area contributed by atoms with Crippen LogP contribution in [-0.2, 0) is 0 Å². The number of nitro groups is 1. The molecule has 0 fully saturated rings. The zero-order valence-corrected chi connectivity index (χ0v) is 11.9. The molecule has 2 rings (SSSR count). The number of ether oxygens (including phenoxy) is 1. The maximum absolute atomic E-state index is 13.3. The first-order valence-corrected chi connectivity index (χ1v) is 6.33. The summed E-state index contributed by atoms with van der Waals surface area (Å²) in [6, 6.07) is 7.89. The van der Waals surface area contributed by atoms with Crippen LogP contribution in [-0.4, -0.2) is 17.9 Å². The van der Waals surface area contributed by atoms with Gasteiger partial charge in [-0.2, -0.15) is 0 Å². The van der Waals surface area contributed by atoms with Gasteiger partial charge in [0.2, 0.25) is 0 Å². The van der Waals surface area contributed by atoms with Gasteiger partial charge in [0.1, 0.15) is 11.6 Å². The van der Waals surface area contributed by atoms with E-state index in [4.69, 9.17) is 4.74 Å². The van der Waals surface area contributed by atoms with Gasteiger partial charge in [0.25, 0.3) is 11.6 Å². The number of carbonyl (C=O) groups excluding carboxylic acids is 1. The Morgan fingerprint density at radius 2 is 2.05 bits per heavy atom. The number of benzene rings is 2. The standard InChI is InChI=1S/C15H13FN2O4/c1-9-12(4-3-5-13(9)18(20)21)17-15(19)11-8-10(16)6-7-14(11)22-2/h3-8H,1-2H3,(H,17,19). The van der Waals surface area contributed by atoms with Crippen LogP contribution in [0.15, 0.2) is 36.4 Å². The highest BCUT2D eigenvalue weighted by Crippen LogP contribution is 2.27. The van der Waals surface area contributed by atoms with Gasteiger partial charge in [0.05, 0.1) is 28.8 Å². The van der Waals surface area contributed by atoms with Gasteiger partial charge in [-0.1, -0.05) is 6.07 Å². The van der Waals surface area contributed by atoms with E-state index in [1.54, 1.807) is 0 Å². The molecule has 0 bridgehead atoms. The molecule has 0 atom stereocenters. The van der Waals surface area contributed by atoms with Crippen molar-refractivity contribution < 1.29 is 18.8 Å². The highest BCUT2D eigenvalue weighted by atomic mass is 19.1. The van der Waals surface area contributed by atoms with Crippen LogP contribution in [0.3, 0.4) is 0 Å².